The highest BCUT2D eigenvalue weighted by Crippen LogP contribution is 2.05. The van der Waals surface area contributed by atoms with Crippen molar-refractivity contribution in [2.24, 2.45) is 0 Å². The molecule has 1 aliphatic rings. The van der Waals surface area contributed by atoms with Crippen LogP contribution < -0.4 is 0 Å². The maximum Gasteiger partial charge on any atom is 0.305 e. The monoisotopic (exact) mass is 366 g/mol. The molecule has 1 rings (SSSR count). The Balaban J connectivity index is 0.000000535. The first-order valence-electron chi connectivity index (χ1n) is 8.89. The van der Waals surface area contributed by atoms with Gasteiger partial charge in [0.15, 0.2) is 0 Å². The van der Waals surface area contributed by atoms with E-state index in [1.54, 1.807) is 7.11 Å². The fraction of sp³-hybridized carbons (Fsp3) is 0.941. The van der Waals surface area contributed by atoms with Gasteiger partial charge in [-0.15, -0.1) is 0 Å². The molecular weight excluding hydrogens is 330 g/mol. The number of rotatable bonds is 13. The van der Waals surface area contributed by atoms with Crippen LogP contribution in [0.1, 0.15) is 13.3 Å². The van der Waals surface area contributed by atoms with E-state index in [9.17, 15) is 4.79 Å². The number of carboxylic acids is 1. The van der Waals surface area contributed by atoms with Crippen molar-refractivity contribution in [3.05, 3.63) is 0 Å². The van der Waals surface area contributed by atoms with Gasteiger partial charge in [0.2, 0.25) is 0 Å². The molecule has 0 aliphatic carbocycles. The Bertz CT molecular complexity index is 309. The molecule has 1 heterocycles. The highest BCUT2D eigenvalue weighted by Gasteiger charge is 2.21. The molecule has 1 aliphatic heterocycles. The third-order valence-electron chi connectivity index (χ3n) is 3.95. The zero-order valence-electron chi connectivity index (χ0n) is 16.0. The van der Waals surface area contributed by atoms with Gasteiger partial charge >= 0.3 is 5.97 Å². The molecule has 0 amide bonds. The lowest BCUT2D eigenvalue weighted by Gasteiger charge is -2.36. The van der Waals surface area contributed by atoms with Crippen LogP contribution in [0.4, 0.5) is 0 Å². The number of carbonyl (C=O) groups is 1. The first kappa shape index (κ1) is 24.2. The van der Waals surface area contributed by atoms with Crippen molar-refractivity contribution in [2.45, 2.75) is 13.3 Å². The Hall–Kier alpha value is -0.770. The third-order valence-corrected chi connectivity index (χ3v) is 3.95. The van der Waals surface area contributed by atoms with Crippen LogP contribution in [-0.2, 0) is 28.5 Å². The molecule has 150 valence electrons. The summed E-state index contributed by atoms with van der Waals surface area (Å²) in [5.41, 5.74) is 0. The molecule has 0 aromatic heterocycles. The van der Waals surface area contributed by atoms with Gasteiger partial charge in [0.25, 0.3) is 0 Å². The second-order valence-electron chi connectivity index (χ2n) is 5.97. The van der Waals surface area contributed by atoms with Gasteiger partial charge in [-0.1, -0.05) is 0 Å². The van der Waals surface area contributed by atoms with Crippen molar-refractivity contribution in [1.82, 2.24) is 0 Å². The van der Waals surface area contributed by atoms with E-state index in [4.69, 9.17) is 28.8 Å². The summed E-state index contributed by atoms with van der Waals surface area (Å²) in [5, 5.41) is 8.32. The molecule has 1 saturated heterocycles. The SMILES string of the molecule is CC[N+]1(C)CCOCC1.COCCOCCOCCOCCC(=O)O. The number of aliphatic carboxylic acids is 1. The summed E-state index contributed by atoms with van der Waals surface area (Å²) in [6, 6.07) is 0. The van der Waals surface area contributed by atoms with Crippen LogP contribution in [0.3, 0.4) is 0 Å². The summed E-state index contributed by atoms with van der Waals surface area (Å²) in [4.78, 5) is 10.1. The number of nitrogens with zero attached hydrogens (tertiary/aromatic N) is 1. The first-order valence-corrected chi connectivity index (χ1v) is 8.89. The number of quaternary nitrogens is 1. The summed E-state index contributed by atoms with van der Waals surface area (Å²) in [6.45, 7) is 11.0. The second kappa shape index (κ2) is 16.7. The van der Waals surface area contributed by atoms with Crippen molar-refractivity contribution in [3.8, 4) is 0 Å². The molecule has 0 spiro atoms. The van der Waals surface area contributed by atoms with E-state index in [1.165, 1.54) is 24.1 Å². The van der Waals surface area contributed by atoms with Crippen LogP contribution in [-0.4, -0.2) is 109 Å². The van der Waals surface area contributed by atoms with Crippen molar-refractivity contribution in [3.63, 3.8) is 0 Å². The number of likely N-dealkylation sites (N-methyl/N-ethyl adjacent to an activating group) is 1. The average molecular weight is 366 g/mol. The molecular formula is C17H36NO7+. The Morgan fingerprint density at radius 2 is 1.44 bits per heavy atom. The number of carboxylic acid groups (broad SMARTS) is 1. The van der Waals surface area contributed by atoms with Gasteiger partial charge in [0.05, 0.1) is 79.5 Å². The molecule has 1 N–H and O–H groups in total. The molecule has 0 saturated carbocycles. The molecule has 0 atom stereocenters. The number of ether oxygens (including phenoxy) is 5. The van der Waals surface area contributed by atoms with E-state index < -0.39 is 5.97 Å². The Morgan fingerprint density at radius 3 is 1.84 bits per heavy atom. The molecule has 0 aromatic carbocycles. The van der Waals surface area contributed by atoms with Crippen LogP contribution >= 0.6 is 0 Å². The lowest BCUT2D eigenvalue weighted by molar-refractivity contribution is -0.915. The summed E-state index contributed by atoms with van der Waals surface area (Å²) in [7, 11) is 3.91. The zero-order chi connectivity index (χ0) is 18.8. The van der Waals surface area contributed by atoms with Gasteiger partial charge in [-0.3, -0.25) is 4.79 Å². The minimum Gasteiger partial charge on any atom is -0.481 e. The molecule has 8 nitrogen and oxygen atoms in total. The smallest absolute Gasteiger partial charge is 0.305 e. The number of morpholine rings is 1. The maximum atomic E-state index is 10.1. The van der Waals surface area contributed by atoms with E-state index in [1.807, 2.05) is 0 Å². The third kappa shape index (κ3) is 16.4. The molecule has 8 heteroatoms. The van der Waals surface area contributed by atoms with Gasteiger partial charge in [-0.25, -0.2) is 0 Å². The lowest BCUT2D eigenvalue weighted by atomic mass is 10.3. The Morgan fingerprint density at radius 1 is 0.960 bits per heavy atom. The molecule has 25 heavy (non-hydrogen) atoms. The minimum atomic E-state index is -0.854. The summed E-state index contributed by atoms with van der Waals surface area (Å²) in [6.07, 6.45) is 0.0279. The normalized spacial score (nSPS) is 16.1. The van der Waals surface area contributed by atoms with Crippen molar-refractivity contribution in [2.75, 3.05) is 93.3 Å². The van der Waals surface area contributed by atoms with Crippen LogP contribution in [0.5, 0.6) is 0 Å². The van der Waals surface area contributed by atoms with Gasteiger partial charge < -0.3 is 33.3 Å². The van der Waals surface area contributed by atoms with Crippen LogP contribution in [0.15, 0.2) is 0 Å². The van der Waals surface area contributed by atoms with E-state index in [0.29, 0.717) is 39.6 Å². The van der Waals surface area contributed by atoms with Gasteiger partial charge in [-0.05, 0) is 6.92 Å². The molecule has 0 aromatic rings. The largest absolute Gasteiger partial charge is 0.481 e. The van der Waals surface area contributed by atoms with Crippen molar-refractivity contribution < 1.29 is 38.1 Å². The van der Waals surface area contributed by atoms with Gasteiger partial charge in [0, 0.05) is 7.11 Å². The van der Waals surface area contributed by atoms with Gasteiger partial charge in [-0.2, -0.15) is 0 Å². The second-order valence-corrected chi connectivity index (χ2v) is 5.97. The van der Waals surface area contributed by atoms with E-state index >= 15 is 0 Å². The van der Waals surface area contributed by atoms with E-state index in [0.717, 1.165) is 13.2 Å². The number of methoxy groups -OCH3 is 1. The first-order chi connectivity index (χ1) is 12.0. The maximum absolute atomic E-state index is 10.1. The predicted octanol–water partition coefficient (Wildman–Crippen LogP) is 0.640. The van der Waals surface area contributed by atoms with Crippen LogP contribution in [0.2, 0.25) is 0 Å². The highest BCUT2D eigenvalue weighted by molar-refractivity contribution is 5.66. The molecule has 0 unspecified atom stereocenters. The molecule has 1 fully saturated rings. The summed E-state index contributed by atoms with van der Waals surface area (Å²) < 4.78 is 26.6. The van der Waals surface area contributed by atoms with E-state index in [2.05, 4.69) is 14.0 Å². The minimum absolute atomic E-state index is 0.0279. The average Bonchev–Trinajstić information content (AvgIpc) is 2.61. The lowest BCUT2D eigenvalue weighted by Crippen LogP contribution is -2.51. The summed E-state index contributed by atoms with van der Waals surface area (Å²) in [5.74, 6) is -0.854. The number of hydrogen-bond acceptors (Lipinski definition) is 6. The Labute approximate surface area is 151 Å². The topological polar surface area (TPSA) is 83.5 Å². The quantitative estimate of drug-likeness (QED) is 0.378. The van der Waals surface area contributed by atoms with Crippen molar-refractivity contribution >= 4 is 5.97 Å². The van der Waals surface area contributed by atoms with Gasteiger partial charge in [0.1, 0.15) is 13.1 Å². The predicted molar refractivity (Wildman–Crippen MR) is 93.9 cm³/mol. The van der Waals surface area contributed by atoms with Crippen LogP contribution in [0, 0.1) is 0 Å². The Kier molecular flexibility index (Phi) is 16.2. The highest BCUT2D eigenvalue weighted by atomic mass is 16.6. The zero-order valence-corrected chi connectivity index (χ0v) is 16.0. The van der Waals surface area contributed by atoms with Crippen LogP contribution in [0.25, 0.3) is 0 Å². The molecule has 0 bridgehead atoms. The van der Waals surface area contributed by atoms with Crippen molar-refractivity contribution in [1.29, 1.82) is 0 Å². The number of hydrogen-bond donors (Lipinski definition) is 1. The van der Waals surface area contributed by atoms with E-state index in [-0.39, 0.29) is 13.0 Å². The standard InChI is InChI=1S/C10H20O6.C7H16NO/c1-13-4-5-15-8-9-16-7-6-14-3-2-10(11)12;1-3-8(2)4-6-9-7-5-8/h2-9H2,1H3,(H,11,12);3-7H2,1-2H3/q;+1. The fourth-order valence-corrected chi connectivity index (χ4v) is 1.94. The molecule has 0 radical (unpaired) electrons. The fourth-order valence-electron chi connectivity index (χ4n) is 1.94. The summed E-state index contributed by atoms with van der Waals surface area (Å²) >= 11 is 0.